The van der Waals surface area contributed by atoms with Crippen LogP contribution in [0.1, 0.15) is 15.9 Å². The number of nitrogens with zero attached hydrogens (tertiary/aromatic N) is 1. The molecule has 0 bridgehead atoms. The molecular formula is C13H9ClF2N2O. The van der Waals surface area contributed by atoms with E-state index in [9.17, 15) is 13.6 Å². The van der Waals surface area contributed by atoms with Crippen LogP contribution in [0.5, 0.6) is 0 Å². The number of hydrogen-bond donors (Lipinski definition) is 1. The first-order valence-corrected chi connectivity index (χ1v) is 5.73. The van der Waals surface area contributed by atoms with E-state index in [2.05, 4.69) is 10.3 Å². The lowest BCUT2D eigenvalue weighted by Crippen LogP contribution is -2.14. The van der Waals surface area contributed by atoms with Gasteiger partial charge in [-0.05, 0) is 24.6 Å². The van der Waals surface area contributed by atoms with E-state index < -0.39 is 17.5 Å². The van der Waals surface area contributed by atoms with E-state index in [0.29, 0.717) is 0 Å². The number of aromatic nitrogens is 1. The molecule has 2 aromatic rings. The summed E-state index contributed by atoms with van der Waals surface area (Å²) in [6, 6.07) is 3.33. The van der Waals surface area contributed by atoms with Gasteiger partial charge in [-0.3, -0.25) is 9.78 Å². The number of nitrogens with one attached hydrogen (secondary N) is 1. The fraction of sp³-hybridized carbons (Fsp3) is 0.0769. The average Bonchev–Trinajstić information content (AvgIpc) is 2.36. The largest absolute Gasteiger partial charge is 0.319 e. The zero-order valence-corrected chi connectivity index (χ0v) is 10.6. The highest BCUT2D eigenvalue weighted by Gasteiger charge is 2.14. The van der Waals surface area contributed by atoms with Crippen LogP contribution < -0.4 is 5.32 Å². The number of carbonyl (C=O) groups excluding carboxylic acids is 1. The number of aryl methyl sites for hydroxylation is 1. The minimum absolute atomic E-state index is 0.132. The normalized spacial score (nSPS) is 10.3. The maximum absolute atomic E-state index is 13.6. The molecule has 98 valence electrons. The van der Waals surface area contributed by atoms with Gasteiger partial charge in [0.05, 0.1) is 16.3 Å². The van der Waals surface area contributed by atoms with Gasteiger partial charge in [0.15, 0.2) is 0 Å². The Morgan fingerprint density at radius 1 is 1.32 bits per heavy atom. The van der Waals surface area contributed by atoms with Crippen LogP contribution in [0.4, 0.5) is 14.5 Å². The Bertz CT molecular complexity index is 647. The van der Waals surface area contributed by atoms with Gasteiger partial charge >= 0.3 is 0 Å². The van der Waals surface area contributed by atoms with Crippen molar-refractivity contribution in [3.63, 3.8) is 0 Å². The summed E-state index contributed by atoms with van der Waals surface area (Å²) < 4.78 is 26.9. The van der Waals surface area contributed by atoms with Crippen molar-refractivity contribution >= 4 is 23.2 Å². The van der Waals surface area contributed by atoms with Gasteiger partial charge in [-0.25, -0.2) is 8.78 Å². The van der Waals surface area contributed by atoms with Crippen LogP contribution in [-0.4, -0.2) is 10.9 Å². The van der Waals surface area contributed by atoms with Crippen LogP contribution >= 0.6 is 11.6 Å². The van der Waals surface area contributed by atoms with E-state index in [1.807, 2.05) is 0 Å². The maximum Gasteiger partial charge on any atom is 0.257 e. The first-order valence-electron chi connectivity index (χ1n) is 5.35. The van der Waals surface area contributed by atoms with E-state index >= 15 is 0 Å². The number of benzene rings is 1. The van der Waals surface area contributed by atoms with Crippen molar-refractivity contribution in [2.75, 3.05) is 5.32 Å². The van der Waals surface area contributed by atoms with Crippen LogP contribution in [0.3, 0.4) is 0 Å². The minimum Gasteiger partial charge on any atom is -0.319 e. The van der Waals surface area contributed by atoms with Gasteiger partial charge in [0.25, 0.3) is 5.91 Å². The third kappa shape index (κ3) is 2.88. The van der Waals surface area contributed by atoms with Crippen molar-refractivity contribution in [1.82, 2.24) is 4.98 Å². The first-order chi connectivity index (χ1) is 8.99. The minimum atomic E-state index is -0.711. The van der Waals surface area contributed by atoms with E-state index in [-0.39, 0.29) is 21.8 Å². The van der Waals surface area contributed by atoms with Crippen LogP contribution in [0, 0.1) is 18.6 Å². The first kappa shape index (κ1) is 13.4. The second-order valence-corrected chi connectivity index (χ2v) is 4.30. The highest BCUT2D eigenvalue weighted by molar-refractivity contribution is 6.34. The Morgan fingerprint density at radius 3 is 2.74 bits per heavy atom. The summed E-state index contributed by atoms with van der Waals surface area (Å²) >= 11 is 5.79. The van der Waals surface area contributed by atoms with Gasteiger partial charge in [0, 0.05) is 18.5 Å². The SMILES string of the molecule is Cc1cc(F)c(NC(=O)c2ccncc2Cl)cc1F. The van der Waals surface area contributed by atoms with Gasteiger partial charge < -0.3 is 5.32 Å². The molecule has 0 saturated carbocycles. The molecule has 0 aliphatic heterocycles. The van der Waals surface area contributed by atoms with Crippen LogP contribution in [0.15, 0.2) is 30.6 Å². The van der Waals surface area contributed by atoms with Crippen LogP contribution in [0.2, 0.25) is 5.02 Å². The van der Waals surface area contributed by atoms with Crippen LogP contribution in [0.25, 0.3) is 0 Å². The Labute approximate surface area is 113 Å². The average molecular weight is 283 g/mol. The van der Waals surface area contributed by atoms with E-state index in [1.165, 1.54) is 25.4 Å². The number of rotatable bonds is 2. The van der Waals surface area contributed by atoms with Crippen LogP contribution in [-0.2, 0) is 0 Å². The zero-order chi connectivity index (χ0) is 14.0. The van der Waals surface area contributed by atoms with Crippen molar-refractivity contribution in [2.45, 2.75) is 6.92 Å². The molecule has 0 aliphatic rings. The van der Waals surface area contributed by atoms with Crippen molar-refractivity contribution in [3.05, 3.63) is 58.4 Å². The number of halogens is 3. The third-order valence-corrected chi connectivity index (χ3v) is 2.81. The number of anilines is 1. The second-order valence-electron chi connectivity index (χ2n) is 3.89. The van der Waals surface area contributed by atoms with Crippen molar-refractivity contribution in [2.24, 2.45) is 0 Å². The maximum atomic E-state index is 13.6. The molecule has 0 spiro atoms. The Morgan fingerprint density at radius 2 is 2.05 bits per heavy atom. The summed E-state index contributed by atoms with van der Waals surface area (Å²) in [6.45, 7) is 1.43. The van der Waals surface area contributed by atoms with Gasteiger partial charge in [0.2, 0.25) is 0 Å². The quantitative estimate of drug-likeness (QED) is 0.915. The molecule has 0 atom stereocenters. The van der Waals surface area contributed by atoms with Crippen molar-refractivity contribution < 1.29 is 13.6 Å². The molecule has 19 heavy (non-hydrogen) atoms. The lowest BCUT2D eigenvalue weighted by molar-refractivity contribution is 0.102. The van der Waals surface area contributed by atoms with E-state index in [4.69, 9.17) is 11.6 Å². The summed E-state index contributed by atoms with van der Waals surface area (Å²) in [4.78, 5) is 15.6. The second kappa shape index (κ2) is 5.32. The molecule has 3 nitrogen and oxygen atoms in total. The smallest absolute Gasteiger partial charge is 0.257 e. The van der Waals surface area contributed by atoms with E-state index in [1.54, 1.807) is 0 Å². The predicted octanol–water partition coefficient (Wildman–Crippen LogP) is 3.57. The Balaban J connectivity index is 2.30. The Hall–Kier alpha value is -2.01. The van der Waals surface area contributed by atoms with Gasteiger partial charge in [0.1, 0.15) is 11.6 Å². The summed E-state index contributed by atoms with van der Waals surface area (Å²) in [5.74, 6) is -1.94. The summed E-state index contributed by atoms with van der Waals surface area (Å²) in [5, 5.41) is 2.40. The predicted molar refractivity (Wildman–Crippen MR) is 68.3 cm³/mol. The van der Waals surface area contributed by atoms with E-state index in [0.717, 1.165) is 12.1 Å². The molecule has 1 aromatic heterocycles. The lowest BCUT2D eigenvalue weighted by atomic mass is 10.2. The number of amides is 1. The third-order valence-electron chi connectivity index (χ3n) is 2.51. The van der Waals surface area contributed by atoms with Crippen molar-refractivity contribution in [1.29, 1.82) is 0 Å². The number of pyridine rings is 1. The monoisotopic (exact) mass is 282 g/mol. The molecule has 1 amide bonds. The number of carbonyl (C=O) groups is 1. The molecule has 0 radical (unpaired) electrons. The molecule has 1 N–H and O–H groups in total. The molecule has 1 aromatic carbocycles. The zero-order valence-electron chi connectivity index (χ0n) is 9.88. The summed E-state index contributed by atoms with van der Waals surface area (Å²) in [7, 11) is 0. The standard InChI is InChI=1S/C13H9ClF2N2O/c1-7-4-11(16)12(5-10(7)15)18-13(19)8-2-3-17-6-9(8)14/h2-6H,1H3,(H,18,19). The fourth-order valence-electron chi connectivity index (χ4n) is 1.49. The molecule has 0 aliphatic carbocycles. The topological polar surface area (TPSA) is 42.0 Å². The summed E-state index contributed by atoms with van der Waals surface area (Å²) in [6.07, 6.45) is 2.68. The molecule has 6 heteroatoms. The number of hydrogen-bond acceptors (Lipinski definition) is 2. The molecule has 0 fully saturated rings. The molecule has 0 saturated heterocycles. The molecule has 2 rings (SSSR count). The summed E-state index contributed by atoms with van der Waals surface area (Å²) in [5.41, 5.74) is 0.0653. The van der Waals surface area contributed by atoms with Gasteiger partial charge in [-0.15, -0.1) is 0 Å². The Kier molecular flexibility index (Phi) is 3.76. The molecular weight excluding hydrogens is 274 g/mol. The molecule has 1 heterocycles. The van der Waals surface area contributed by atoms with Gasteiger partial charge in [-0.1, -0.05) is 11.6 Å². The molecule has 0 unspecified atom stereocenters. The highest BCUT2D eigenvalue weighted by Crippen LogP contribution is 2.21. The highest BCUT2D eigenvalue weighted by atomic mass is 35.5. The lowest BCUT2D eigenvalue weighted by Gasteiger charge is -2.08. The fourth-order valence-corrected chi connectivity index (χ4v) is 1.70. The van der Waals surface area contributed by atoms with Gasteiger partial charge in [-0.2, -0.15) is 0 Å². The van der Waals surface area contributed by atoms with Crippen molar-refractivity contribution in [3.8, 4) is 0 Å².